The summed E-state index contributed by atoms with van der Waals surface area (Å²) in [6.07, 6.45) is 35.7. The van der Waals surface area contributed by atoms with E-state index in [-0.39, 0.29) is 12.8 Å². The van der Waals surface area contributed by atoms with Gasteiger partial charge in [0.15, 0.2) is 0 Å². The lowest BCUT2D eigenvalue weighted by molar-refractivity contribution is -0.220. The molecule has 0 radical (unpaired) electrons. The molecule has 412 valence electrons. The van der Waals surface area contributed by atoms with Gasteiger partial charge in [-0.05, 0) is 12.8 Å². The quantitative estimate of drug-likeness (QED) is 0.0205. The van der Waals surface area contributed by atoms with Crippen molar-refractivity contribution >= 4 is 13.7 Å². The molecule has 14 heteroatoms. The van der Waals surface area contributed by atoms with Gasteiger partial charge in [0.05, 0.1) is 31.3 Å². The van der Waals surface area contributed by atoms with Gasteiger partial charge in [0.2, 0.25) is 5.91 Å². The Bertz CT molecular complexity index is 1190. The first-order valence-corrected chi connectivity index (χ1v) is 30.6. The molecule has 1 saturated carbocycles. The van der Waals surface area contributed by atoms with E-state index in [1.807, 2.05) is 0 Å². The Morgan fingerprint density at radius 2 is 0.725 bits per heavy atom. The minimum absolute atomic E-state index is 0.215. The van der Waals surface area contributed by atoms with Crippen molar-refractivity contribution in [2.75, 3.05) is 6.61 Å². The third-order valence-corrected chi connectivity index (χ3v) is 15.5. The van der Waals surface area contributed by atoms with Gasteiger partial charge in [-0.1, -0.05) is 264 Å². The maximum absolute atomic E-state index is 13.1. The van der Waals surface area contributed by atoms with Crippen LogP contribution in [0.1, 0.15) is 284 Å². The van der Waals surface area contributed by atoms with Crippen LogP contribution in [0.5, 0.6) is 0 Å². The molecular formula is C55H110NO12P. The number of phosphoric ester groups is 1. The lowest BCUT2D eigenvalue weighted by atomic mass is 9.85. The molecule has 0 spiro atoms. The van der Waals surface area contributed by atoms with Crippen molar-refractivity contribution in [3.8, 4) is 0 Å². The van der Waals surface area contributed by atoms with Gasteiger partial charge >= 0.3 is 7.82 Å². The first-order valence-electron chi connectivity index (χ1n) is 29.1. The van der Waals surface area contributed by atoms with E-state index in [1.165, 1.54) is 193 Å². The predicted octanol–water partition coefficient (Wildman–Crippen LogP) is 11.9. The Morgan fingerprint density at radius 1 is 0.449 bits per heavy atom. The van der Waals surface area contributed by atoms with E-state index < -0.39 is 75.2 Å². The predicted molar refractivity (Wildman–Crippen MR) is 280 cm³/mol. The molecule has 8 unspecified atom stereocenters. The summed E-state index contributed by atoms with van der Waals surface area (Å²) in [7, 11) is -5.12. The van der Waals surface area contributed by atoms with E-state index in [4.69, 9.17) is 9.05 Å². The number of hydrogen-bond donors (Lipinski definition) is 9. The number of amides is 1. The first-order chi connectivity index (χ1) is 33.3. The Morgan fingerprint density at radius 3 is 1.04 bits per heavy atom. The minimum Gasteiger partial charge on any atom is -0.393 e. The van der Waals surface area contributed by atoms with Gasteiger partial charge in [-0.15, -0.1) is 0 Å². The number of carbonyl (C=O) groups is 1. The van der Waals surface area contributed by atoms with Crippen LogP contribution in [-0.2, 0) is 18.4 Å². The number of rotatable bonds is 50. The highest BCUT2D eigenvalue weighted by atomic mass is 31.2. The standard InChI is InChI=1S/C55H110NO12P/c1-3-5-7-9-11-13-15-17-19-21-23-25-26-28-30-32-34-36-38-40-42-46(57)44-49(59)56-47(45-67-69(65,66)68-55-53(63)51(61)50(60)52(62)54(55)64)48(58)43-41-39-37-35-33-31-29-27-24-22-20-18-16-14-12-10-8-6-4-2/h46-48,50-55,57-58,60-64H,3-45H2,1-2H3,(H,56,59)(H,65,66). The van der Waals surface area contributed by atoms with Gasteiger partial charge < -0.3 is 46.0 Å². The SMILES string of the molecule is CCCCCCCCCCCCCCCCCCCCCCC(O)CC(=O)NC(COP(=O)(O)OC1C(O)C(O)C(O)C(O)C1O)C(O)CCCCCCCCCCCCCCCCCCCCC. The van der Waals surface area contributed by atoms with Crippen LogP contribution < -0.4 is 5.32 Å². The highest BCUT2D eigenvalue weighted by molar-refractivity contribution is 7.47. The largest absolute Gasteiger partial charge is 0.472 e. The van der Waals surface area contributed by atoms with Crippen LogP contribution in [0, 0.1) is 0 Å². The zero-order valence-corrected chi connectivity index (χ0v) is 45.2. The summed E-state index contributed by atoms with van der Waals surface area (Å²) >= 11 is 0. The molecule has 1 rings (SSSR count). The summed E-state index contributed by atoms with van der Waals surface area (Å²) in [5, 5.41) is 75.1. The highest BCUT2D eigenvalue weighted by Gasteiger charge is 2.51. The summed E-state index contributed by atoms with van der Waals surface area (Å²) < 4.78 is 23.1. The second kappa shape index (κ2) is 44.8. The van der Waals surface area contributed by atoms with Crippen molar-refractivity contribution in [3.05, 3.63) is 0 Å². The van der Waals surface area contributed by atoms with Crippen molar-refractivity contribution in [2.24, 2.45) is 0 Å². The number of carbonyl (C=O) groups excluding carboxylic acids is 1. The third kappa shape index (κ3) is 36.0. The third-order valence-electron chi connectivity index (χ3n) is 14.5. The normalized spacial score (nSPS) is 21.8. The van der Waals surface area contributed by atoms with Crippen molar-refractivity contribution in [1.29, 1.82) is 0 Å². The average molecular weight is 1010 g/mol. The van der Waals surface area contributed by atoms with Gasteiger partial charge in [0.25, 0.3) is 0 Å². The molecule has 1 fully saturated rings. The lowest BCUT2D eigenvalue weighted by Crippen LogP contribution is -2.64. The molecule has 1 aliphatic carbocycles. The van der Waals surface area contributed by atoms with E-state index in [0.29, 0.717) is 12.8 Å². The summed E-state index contributed by atoms with van der Waals surface area (Å²) in [4.78, 5) is 23.6. The number of aliphatic hydroxyl groups is 7. The molecule has 69 heavy (non-hydrogen) atoms. The zero-order valence-electron chi connectivity index (χ0n) is 44.3. The van der Waals surface area contributed by atoms with Crippen LogP contribution in [0.15, 0.2) is 0 Å². The molecule has 0 aromatic rings. The fourth-order valence-electron chi connectivity index (χ4n) is 9.78. The molecule has 0 heterocycles. The summed E-state index contributed by atoms with van der Waals surface area (Å²) in [6.45, 7) is 3.85. The van der Waals surface area contributed by atoms with E-state index in [9.17, 15) is 50.0 Å². The molecule has 1 aliphatic rings. The highest BCUT2D eigenvalue weighted by Crippen LogP contribution is 2.47. The molecule has 0 saturated heterocycles. The lowest BCUT2D eigenvalue weighted by Gasteiger charge is -2.41. The van der Waals surface area contributed by atoms with Crippen LogP contribution in [-0.4, -0.2) is 108 Å². The van der Waals surface area contributed by atoms with Crippen LogP contribution >= 0.6 is 7.82 Å². The average Bonchev–Trinajstić information content (AvgIpc) is 3.32. The topological polar surface area (TPSA) is 226 Å². The van der Waals surface area contributed by atoms with Gasteiger partial charge in [-0.3, -0.25) is 13.8 Å². The maximum Gasteiger partial charge on any atom is 0.472 e. The fraction of sp³-hybridized carbons (Fsp3) is 0.982. The molecule has 8 atom stereocenters. The van der Waals surface area contributed by atoms with Crippen molar-refractivity contribution in [1.82, 2.24) is 5.32 Å². The zero-order chi connectivity index (χ0) is 50.8. The second-order valence-corrected chi connectivity index (χ2v) is 22.5. The van der Waals surface area contributed by atoms with Gasteiger partial charge in [0.1, 0.15) is 36.6 Å². The summed E-state index contributed by atoms with van der Waals surface area (Å²) in [6, 6.07) is -1.15. The fourth-order valence-corrected chi connectivity index (χ4v) is 10.7. The first kappa shape index (κ1) is 66.3. The number of unbranched alkanes of at least 4 members (excludes halogenated alkanes) is 37. The summed E-state index contributed by atoms with van der Waals surface area (Å²) in [5.74, 6) is -0.552. The Kier molecular flexibility index (Phi) is 43.0. The van der Waals surface area contributed by atoms with E-state index >= 15 is 0 Å². The molecule has 13 nitrogen and oxygen atoms in total. The monoisotopic (exact) mass is 1010 g/mol. The van der Waals surface area contributed by atoms with E-state index in [1.54, 1.807) is 0 Å². The molecule has 9 N–H and O–H groups in total. The second-order valence-electron chi connectivity index (χ2n) is 21.0. The Labute approximate surface area is 421 Å². The van der Waals surface area contributed by atoms with Crippen LogP contribution in [0.3, 0.4) is 0 Å². The molecular weight excluding hydrogens is 898 g/mol. The van der Waals surface area contributed by atoms with Crippen molar-refractivity contribution in [3.63, 3.8) is 0 Å². The number of nitrogens with one attached hydrogen (secondary N) is 1. The van der Waals surface area contributed by atoms with Gasteiger partial charge in [-0.2, -0.15) is 0 Å². The molecule has 0 aromatic carbocycles. The van der Waals surface area contributed by atoms with E-state index in [2.05, 4.69) is 19.2 Å². The van der Waals surface area contributed by atoms with Crippen LogP contribution in [0.2, 0.25) is 0 Å². The number of hydrogen-bond acceptors (Lipinski definition) is 11. The van der Waals surface area contributed by atoms with Crippen LogP contribution in [0.25, 0.3) is 0 Å². The number of phosphoric acid groups is 1. The Hall–Kier alpha value is -0.700. The van der Waals surface area contributed by atoms with E-state index in [0.717, 1.165) is 51.4 Å². The Balaban J connectivity index is 2.38. The maximum atomic E-state index is 13.1. The van der Waals surface area contributed by atoms with Crippen molar-refractivity contribution < 1.29 is 59.0 Å². The smallest absolute Gasteiger partial charge is 0.393 e. The number of aliphatic hydroxyl groups excluding tert-OH is 7. The molecule has 0 bridgehead atoms. The minimum atomic E-state index is -5.12. The molecule has 0 aliphatic heterocycles. The van der Waals surface area contributed by atoms with Crippen LogP contribution in [0.4, 0.5) is 0 Å². The molecule has 0 aromatic heterocycles. The molecule has 1 amide bonds. The van der Waals surface area contributed by atoms with Gasteiger partial charge in [0, 0.05) is 0 Å². The summed E-state index contributed by atoms with van der Waals surface area (Å²) in [5.41, 5.74) is 0. The van der Waals surface area contributed by atoms with Gasteiger partial charge in [-0.25, -0.2) is 4.57 Å². The van der Waals surface area contributed by atoms with Crippen molar-refractivity contribution in [2.45, 2.75) is 338 Å².